The molecule has 2 aromatic heterocycles. The zero-order chi connectivity index (χ0) is 26.5. The number of carbonyl (C=O) groups is 2. The minimum atomic E-state index is -4.56. The zero-order valence-corrected chi connectivity index (χ0v) is 20.7. The summed E-state index contributed by atoms with van der Waals surface area (Å²) < 4.78 is 73.8. The summed E-state index contributed by atoms with van der Waals surface area (Å²) in [4.78, 5) is 35.9. The minimum Gasteiger partial charge on any atom is -0.461 e. The predicted octanol–water partition coefficient (Wildman–Crippen LogP) is 5.84. The highest BCUT2D eigenvalue weighted by molar-refractivity contribution is 7.17. The van der Waals surface area contributed by atoms with Crippen LogP contribution in [-0.2, 0) is 4.74 Å². The zero-order valence-electron chi connectivity index (χ0n) is 19.9. The molecule has 37 heavy (non-hydrogen) atoms. The molecule has 1 N–H and O–H groups in total. The molecule has 4 heterocycles. The van der Waals surface area contributed by atoms with E-state index in [1.165, 1.54) is 0 Å². The number of aromatic nitrogens is 2. The number of pyridine rings is 1. The van der Waals surface area contributed by atoms with Crippen LogP contribution in [0.25, 0.3) is 10.4 Å². The Kier molecular flexibility index (Phi) is 6.84. The summed E-state index contributed by atoms with van der Waals surface area (Å²) in [6, 6.07) is -0.963. The van der Waals surface area contributed by atoms with Crippen LogP contribution in [0, 0.1) is 5.92 Å². The summed E-state index contributed by atoms with van der Waals surface area (Å²) in [5.74, 6) is -2.22. The van der Waals surface area contributed by atoms with Crippen molar-refractivity contribution in [3.63, 3.8) is 0 Å². The second-order valence-electron chi connectivity index (χ2n) is 9.55. The van der Waals surface area contributed by atoms with Crippen LogP contribution in [0.3, 0.4) is 0 Å². The van der Waals surface area contributed by atoms with Crippen molar-refractivity contribution in [2.45, 2.75) is 76.2 Å². The van der Waals surface area contributed by atoms with Gasteiger partial charge in [-0.1, -0.05) is 0 Å². The SMILES string of the molecule is CCOC(=O)c1nc(C(=O)N2C3CCC2CC3)c(-c2cnc(N[C@@H](C3CC3)C(F)(F)F)cc2C(F)F)s1. The summed E-state index contributed by atoms with van der Waals surface area (Å²) >= 11 is 0.734. The molecule has 5 rings (SSSR count). The van der Waals surface area contributed by atoms with Gasteiger partial charge in [0.25, 0.3) is 12.3 Å². The largest absolute Gasteiger partial charge is 0.461 e. The standard InChI is InChI=1S/C24H25F5N4O3S/c1-2-36-23(35)21-32-17(22(34)33-12-5-6-13(33)8-7-12)18(37-21)15-10-30-16(9-14(15)20(25)26)31-19(11-3-4-11)24(27,28)29/h9-13,19-20H,2-8H2,1H3,(H,30,31)/t12?,13?,19-/m0/s1. The molecule has 200 valence electrons. The molecule has 0 unspecified atom stereocenters. The van der Waals surface area contributed by atoms with Crippen molar-refractivity contribution in [3.05, 3.63) is 28.5 Å². The van der Waals surface area contributed by atoms with Gasteiger partial charge < -0.3 is 15.0 Å². The summed E-state index contributed by atoms with van der Waals surface area (Å²) in [7, 11) is 0. The molecule has 0 spiro atoms. The van der Waals surface area contributed by atoms with Gasteiger partial charge in [0.15, 0.2) is 0 Å². The van der Waals surface area contributed by atoms with E-state index in [0.717, 1.165) is 49.3 Å². The predicted molar refractivity (Wildman–Crippen MR) is 125 cm³/mol. The summed E-state index contributed by atoms with van der Waals surface area (Å²) in [6.07, 6.45) is -2.49. The molecule has 1 atom stereocenters. The highest BCUT2D eigenvalue weighted by Gasteiger charge is 2.49. The molecule has 13 heteroatoms. The van der Waals surface area contributed by atoms with Crippen LogP contribution < -0.4 is 5.32 Å². The lowest BCUT2D eigenvalue weighted by molar-refractivity contribution is -0.146. The van der Waals surface area contributed by atoms with Gasteiger partial charge >= 0.3 is 12.1 Å². The molecule has 2 aliphatic heterocycles. The van der Waals surface area contributed by atoms with E-state index in [1.54, 1.807) is 11.8 Å². The Labute approximate surface area is 213 Å². The molecule has 2 aromatic rings. The third kappa shape index (κ3) is 5.01. The molecule has 1 amide bonds. The number of nitrogens with one attached hydrogen (secondary N) is 1. The smallest absolute Gasteiger partial charge is 0.408 e. The van der Waals surface area contributed by atoms with Crippen molar-refractivity contribution >= 4 is 29.0 Å². The fourth-order valence-electron chi connectivity index (χ4n) is 5.27. The van der Waals surface area contributed by atoms with E-state index in [2.05, 4.69) is 15.3 Å². The van der Waals surface area contributed by atoms with Crippen LogP contribution in [0.1, 0.15) is 77.7 Å². The van der Waals surface area contributed by atoms with Gasteiger partial charge in [-0.2, -0.15) is 13.2 Å². The molecule has 0 radical (unpaired) electrons. The molecule has 3 fully saturated rings. The van der Waals surface area contributed by atoms with E-state index in [0.29, 0.717) is 12.8 Å². The number of rotatable bonds is 8. The van der Waals surface area contributed by atoms with Crippen molar-refractivity contribution in [3.8, 4) is 10.4 Å². The van der Waals surface area contributed by atoms with Gasteiger partial charge in [0.05, 0.1) is 11.5 Å². The average Bonchev–Trinajstić information content (AvgIpc) is 3.28. The minimum absolute atomic E-state index is 0.0169. The Morgan fingerprint density at radius 3 is 2.35 bits per heavy atom. The fourth-order valence-corrected chi connectivity index (χ4v) is 6.25. The maximum absolute atomic E-state index is 14.2. The average molecular weight is 545 g/mol. The Morgan fingerprint density at radius 2 is 1.81 bits per heavy atom. The number of esters is 1. The van der Waals surface area contributed by atoms with E-state index in [4.69, 9.17) is 4.74 Å². The molecule has 2 bridgehead atoms. The van der Waals surface area contributed by atoms with Gasteiger partial charge in [0, 0.05) is 29.4 Å². The first-order valence-electron chi connectivity index (χ1n) is 12.2. The number of ether oxygens (including phenoxy) is 1. The second-order valence-corrected chi connectivity index (χ2v) is 10.5. The van der Waals surface area contributed by atoms with Gasteiger partial charge in [0.1, 0.15) is 17.6 Å². The van der Waals surface area contributed by atoms with Crippen LogP contribution in [-0.4, -0.2) is 57.7 Å². The molecular formula is C24H25F5N4O3S. The number of nitrogens with zero attached hydrogens (tertiary/aromatic N) is 3. The number of alkyl halides is 5. The summed E-state index contributed by atoms with van der Waals surface area (Å²) in [5.41, 5.74) is -0.910. The Morgan fingerprint density at radius 1 is 1.16 bits per heavy atom. The summed E-state index contributed by atoms with van der Waals surface area (Å²) in [5, 5.41) is 2.10. The second kappa shape index (κ2) is 9.80. The van der Waals surface area contributed by atoms with Gasteiger partial charge in [-0.25, -0.2) is 23.5 Å². The molecule has 1 saturated carbocycles. The molecule has 2 saturated heterocycles. The molecular weight excluding hydrogens is 519 g/mol. The van der Waals surface area contributed by atoms with Crippen LogP contribution in [0.2, 0.25) is 0 Å². The molecule has 3 aliphatic rings. The van der Waals surface area contributed by atoms with Crippen LogP contribution in [0.15, 0.2) is 12.3 Å². The lowest BCUT2D eigenvalue weighted by Gasteiger charge is -2.23. The number of hydrogen-bond donors (Lipinski definition) is 1. The highest BCUT2D eigenvalue weighted by atomic mass is 32.1. The first kappa shape index (κ1) is 25.8. The maximum Gasteiger partial charge on any atom is 0.408 e. The molecule has 0 aromatic carbocycles. The van der Waals surface area contributed by atoms with Crippen molar-refractivity contribution in [1.29, 1.82) is 0 Å². The van der Waals surface area contributed by atoms with Gasteiger partial charge in [-0.05, 0) is 57.4 Å². The maximum atomic E-state index is 14.2. The van der Waals surface area contributed by atoms with Gasteiger partial charge in [-0.15, -0.1) is 11.3 Å². The lowest BCUT2D eigenvalue weighted by Crippen LogP contribution is -2.38. The number of thiazole rings is 1. The van der Waals surface area contributed by atoms with Crippen molar-refractivity contribution in [1.82, 2.24) is 14.9 Å². The first-order chi connectivity index (χ1) is 17.6. The van der Waals surface area contributed by atoms with Gasteiger partial charge in [0.2, 0.25) is 5.01 Å². The lowest BCUT2D eigenvalue weighted by atomic mass is 10.0. The topological polar surface area (TPSA) is 84.4 Å². The number of amides is 1. The van der Waals surface area contributed by atoms with E-state index in [1.807, 2.05) is 0 Å². The Bertz CT molecular complexity index is 1180. The monoisotopic (exact) mass is 544 g/mol. The van der Waals surface area contributed by atoms with Crippen molar-refractivity contribution in [2.75, 3.05) is 11.9 Å². The van der Waals surface area contributed by atoms with E-state index in [9.17, 15) is 31.5 Å². The Balaban J connectivity index is 1.54. The number of anilines is 1. The van der Waals surface area contributed by atoms with Crippen LogP contribution >= 0.6 is 11.3 Å². The highest BCUT2D eigenvalue weighted by Crippen LogP contribution is 2.44. The first-order valence-corrected chi connectivity index (χ1v) is 13.0. The number of halogens is 5. The van der Waals surface area contributed by atoms with Crippen molar-refractivity contribution < 1.29 is 36.3 Å². The van der Waals surface area contributed by atoms with E-state index in [-0.39, 0.29) is 45.7 Å². The van der Waals surface area contributed by atoms with Crippen molar-refractivity contribution in [2.24, 2.45) is 5.92 Å². The third-order valence-corrected chi connectivity index (χ3v) is 8.20. The molecule has 1 aliphatic carbocycles. The van der Waals surface area contributed by atoms with Gasteiger partial charge in [-0.3, -0.25) is 4.79 Å². The number of hydrogen-bond acceptors (Lipinski definition) is 7. The molecule has 7 nitrogen and oxygen atoms in total. The number of carbonyl (C=O) groups excluding carboxylic acids is 2. The fraction of sp³-hybridized carbons (Fsp3) is 0.583. The number of fused-ring (bicyclic) bond motifs is 2. The third-order valence-electron chi connectivity index (χ3n) is 7.13. The van der Waals surface area contributed by atoms with Crippen LogP contribution in [0.4, 0.5) is 27.8 Å². The quantitative estimate of drug-likeness (QED) is 0.332. The van der Waals surface area contributed by atoms with E-state index < -0.39 is 42.0 Å². The Hall–Kier alpha value is -2.83. The van der Waals surface area contributed by atoms with Crippen LogP contribution in [0.5, 0.6) is 0 Å². The normalized spacial score (nSPS) is 22.0. The summed E-state index contributed by atoms with van der Waals surface area (Å²) in [6.45, 7) is 1.65. The van der Waals surface area contributed by atoms with E-state index >= 15 is 0 Å².